The SMILES string of the molecule is O=C(CSc1ccc(NS(=O)(=O)c2ccccc2)cc1)Nc1ccc(Cl)c(Cl)c1. The molecule has 0 aliphatic carbocycles. The van der Waals surface area contributed by atoms with Gasteiger partial charge in [-0.15, -0.1) is 11.8 Å². The minimum Gasteiger partial charge on any atom is -0.325 e. The maximum Gasteiger partial charge on any atom is 0.261 e. The molecule has 0 atom stereocenters. The van der Waals surface area contributed by atoms with Crippen LogP contribution in [0.15, 0.2) is 82.6 Å². The number of carbonyl (C=O) groups excluding carboxylic acids is 1. The summed E-state index contributed by atoms with van der Waals surface area (Å²) in [4.78, 5) is 13.1. The van der Waals surface area contributed by atoms with Crippen LogP contribution in [0.25, 0.3) is 0 Å². The van der Waals surface area contributed by atoms with Gasteiger partial charge < -0.3 is 5.32 Å². The zero-order valence-electron chi connectivity index (χ0n) is 14.9. The predicted octanol–water partition coefficient (Wildman–Crippen LogP) is 5.53. The van der Waals surface area contributed by atoms with Crippen LogP contribution in [0.2, 0.25) is 10.0 Å². The van der Waals surface area contributed by atoms with Gasteiger partial charge in [-0.1, -0.05) is 41.4 Å². The molecule has 0 spiro atoms. The quantitative estimate of drug-likeness (QED) is 0.449. The van der Waals surface area contributed by atoms with Gasteiger partial charge in [0.2, 0.25) is 5.91 Å². The summed E-state index contributed by atoms with van der Waals surface area (Å²) in [5.74, 6) is -0.00255. The summed E-state index contributed by atoms with van der Waals surface area (Å²) >= 11 is 13.1. The second kappa shape index (κ2) is 9.54. The zero-order valence-corrected chi connectivity index (χ0v) is 18.1. The Kier molecular flexibility index (Phi) is 7.08. The van der Waals surface area contributed by atoms with Crippen LogP contribution in [0.1, 0.15) is 0 Å². The molecule has 3 aromatic rings. The molecule has 2 N–H and O–H groups in total. The van der Waals surface area contributed by atoms with Gasteiger partial charge in [0.1, 0.15) is 0 Å². The fraction of sp³-hybridized carbons (Fsp3) is 0.0500. The highest BCUT2D eigenvalue weighted by Gasteiger charge is 2.13. The van der Waals surface area contributed by atoms with Gasteiger partial charge in [-0.25, -0.2) is 8.42 Å². The zero-order chi connectivity index (χ0) is 20.9. The maximum atomic E-state index is 12.3. The number of carbonyl (C=O) groups is 1. The van der Waals surface area contributed by atoms with E-state index >= 15 is 0 Å². The van der Waals surface area contributed by atoms with Crippen LogP contribution in [-0.4, -0.2) is 20.1 Å². The smallest absolute Gasteiger partial charge is 0.261 e. The van der Waals surface area contributed by atoms with E-state index in [2.05, 4.69) is 10.0 Å². The standard InChI is InChI=1S/C20H16Cl2N2O3S2/c21-18-11-8-15(12-19(18)22)23-20(25)13-28-16-9-6-14(7-10-16)24-29(26,27)17-4-2-1-3-5-17/h1-12,24H,13H2,(H,23,25). The van der Waals surface area contributed by atoms with Gasteiger partial charge in [0, 0.05) is 16.3 Å². The van der Waals surface area contributed by atoms with E-state index in [0.717, 1.165) is 4.90 Å². The molecule has 150 valence electrons. The van der Waals surface area contributed by atoms with E-state index < -0.39 is 10.0 Å². The lowest BCUT2D eigenvalue weighted by Crippen LogP contribution is -2.14. The van der Waals surface area contributed by atoms with Gasteiger partial charge in [-0.3, -0.25) is 9.52 Å². The van der Waals surface area contributed by atoms with Gasteiger partial charge in [0.15, 0.2) is 0 Å². The predicted molar refractivity (Wildman–Crippen MR) is 120 cm³/mol. The van der Waals surface area contributed by atoms with Crippen molar-refractivity contribution < 1.29 is 13.2 Å². The Morgan fingerprint density at radius 1 is 0.862 bits per heavy atom. The molecule has 3 rings (SSSR count). The third-order valence-corrected chi connectivity index (χ3v) is 6.88. The number of hydrogen-bond donors (Lipinski definition) is 2. The number of nitrogens with one attached hydrogen (secondary N) is 2. The van der Waals surface area contributed by atoms with E-state index in [1.165, 1.54) is 23.9 Å². The van der Waals surface area contributed by atoms with E-state index in [9.17, 15) is 13.2 Å². The maximum absolute atomic E-state index is 12.3. The third-order valence-electron chi connectivity index (χ3n) is 3.73. The first kappa shape index (κ1) is 21.5. The minimum atomic E-state index is -3.63. The Bertz CT molecular complexity index is 1110. The van der Waals surface area contributed by atoms with Crippen LogP contribution in [0.5, 0.6) is 0 Å². The molecule has 0 saturated heterocycles. The lowest BCUT2D eigenvalue weighted by molar-refractivity contribution is -0.113. The van der Waals surface area contributed by atoms with E-state index in [4.69, 9.17) is 23.2 Å². The van der Waals surface area contributed by atoms with Gasteiger partial charge in [-0.2, -0.15) is 0 Å². The summed E-state index contributed by atoms with van der Waals surface area (Å²) in [6.07, 6.45) is 0. The van der Waals surface area contributed by atoms with Gasteiger partial charge in [0.05, 0.1) is 20.7 Å². The molecule has 0 fully saturated rings. The number of rotatable bonds is 7. The van der Waals surface area contributed by atoms with Crippen molar-refractivity contribution in [3.05, 3.63) is 82.8 Å². The first-order valence-electron chi connectivity index (χ1n) is 8.39. The normalized spacial score (nSPS) is 11.1. The minimum absolute atomic E-state index is 0.190. The third kappa shape index (κ3) is 6.14. The first-order valence-corrected chi connectivity index (χ1v) is 11.6. The Labute approximate surface area is 183 Å². The molecule has 0 bridgehead atoms. The van der Waals surface area contributed by atoms with E-state index in [0.29, 0.717) is 21.4 Å². The molecule has 0 unspecified atom stereocenters. The number of sulfonamides is 1. The molecule has 0 aliphatic heterocycles. The highest BCUT2D eigenvalue weighted by atomic mass is 35.5. The highest BCUT2D eigenvalue weighted by Crippen LogP contribution is 2.26. The van der Waals surface area contributed by atoms with Crippen LogP contribution in [0, 0.1) is 0 Å². The van der Waals surface area contributed by atoms with Crippen LogP contribution < -0.4 is 10.0 Å². The topological polar surface area (TPSA) is 75.3 Å². The van der Waals surface area contributed by atoms with Crippen molar-refractivity contribution in [1.29, 1.82) is 0 Å². The van der Waals surface area contributed by atoms with E-state index in [1.54, 1.807) is 60.7 Å². The summed E-state index contributed by atoms with van der Waals surface area (Å²) < 4.78 is 27.2. The molecular formula is C20H16Cl2N2O3S2. The Hall–Kier alpha value is -2.19. The molecule has 0 radical (unpaired) electrons. The monoisotopic (exact) mass is 466 g/mol. The van der Waals surface area contributed by atoms with Gasteiger partial charge in [-0.05, 0) is 54.6 Å². The van der Waals surface area contributed by atoms with Gasteiger partial charge in [0.25, 0.3) is 10.0 Å². The average Bonchev–Trinajstić information content (AvgIpc) is 2.71. The summed E-state index contributed by atoms with van der Waals surface area (Å²) in [5.41, 5.74) is 1.01. The van der Waals surface area contributed by atoms with Crippen LogP contribution in [0.4, 0.5) is 11.4 Å². The van der Waals surface area contributed by atoms with Crippen molar-refractivity contribution in [2.75, 3.05) is 15.8 Å². The summed E-state index contributed by atoms with van der Waals surface area (Å²) in [6.45, 7) is 0. The second-order valence-corrected chi connectivity index (χ2v) is 9.45. The van der Waals surface area contributed by atoms with E-state index in [-0.39, 0.29) is 16.6 Å². The highest BCUT2D eigenvalue weighted by molar-refractivity contribution is 8.00. The molecule has 0 heterocycles. The molecule has 0 aromatic heterocycles. The molecule has 1 amide bonds. The number of halogens is 2. The summed E-state index contributed by atoms with van der Waals surface area (Å²) in [6, 6.07) is 19.8. The average molecular weight is 467 g/mol. The number of thioether (sulfide) groups is 1. The van der Waals surface area contributed by atoms with Crippen molar-refractivity contribution in [2.24, 2.45) is 0 Å². The molecule has 5 nitrogen and oxygen atoms in total. The summed E-state index contributed by atoms with van der Waals surface area (Å²) in [5, 5.41) is 3.53. The first-order chi connectivity index (χ1) is 13.8. The largest absolute Gasteiger partial charge is 0.325 e. The number of benzene rings is 3. The van der Waals surface area contributed by atoms with E-state index in [1.807, 2.05) is 0 Å². The Balaban J connectivity index is 1.55. The molecule has 29 heavy (non-hydrogen) atoms. The molecule has 0 aliphatic rings. The number of anilines is 2. The lowest BCUT2D eigenvalue weighted by atomic mass is 10.3. The van der Waals surface area contributed by atoms with Crippen molar-refractivity contribution in [2.45, 2.75) is 9.79 Å². The lowest BCUT2D eigenvalue weighted by Gasteiger charge is -2.09. The van der Waals surface area contributed by atoms with Crippen molar-refractivity contribution in [3.63, 3.8) is 0 Å². The molecular weight excluding hydrogens is 451 g/mol. The molecule has 0 saturated carbocycles. The van der Waals surface area contributed by atoms with Crippen LogP contribution in [0.3, 0.4) is 0 Å². The van der Waals surface area contributed by atoms with Crippen molar-refractivity contribution in [3.8, 4) is 0 Å². The van der Waals surface area contributed by atoms with Gasteiger partial charge >= 0.3 is 0 Å². The Morgan fingerprint density at radius 3 is 2.17 bits per heavy atom. The number of amides is 1. The molecule has 9 heteroatoms. The Morgan fingerprint density at radius 2 is 1.52 bits per heavy atom. The molecule has 3 aromatic carbocycles. The second-order valence-electron chi connectivity index (χ2n) is 5.91. The van der Waals surface area contributed by atoms with Crippen LogP contribution in [-0.2, 0) is 14.8 Å². The fourth-order valence-electron chi connectivity index (χ4n) is 2.35. The fourth-order valence-corrected chi connectivity index (χ4v) is 4.43. The van der Waals surface area contributed by atoms with Crippen molar-refractivity contribution in [1.82, 2.24) is 0 Å². The number of hydrogen-bond acceptors (Lipinski definition) is 4. The van der Waals surface area contributed by atoms with Crippen LogP contribution >= 0.6 is 35.0 Å². The summed E-state index contributed by atoms with van der Waals surface area (Å²) in [7, 11) is -3.63. The van der Waals surface area contributed by atoms with Crippen molar-refractivity contribution >= 4 is 62.3 Å².